The Labute approximate surface area is 135 Å². The Balaban J connectivity index is 1.90. The van der Waals surface area contributed by atoms with Gasteiger partial charge in [-0.05, 0) is 42.5 Å². The first-order chi connectivity index (χ1) is 9.54. The van der Waals surface area contributed by atoms with Crippen molar-refractivity contribution in [2.45, 2.75) is 4.90 Å². The molecular formula is C14H12BrClN2OS. The number of halogens is 2. The number of nitrogens with one attached hydrogen (secondary N) is 1. The van der Waals surface area contributed by atoms with Crippen molar-refractivity contribution in [1.82, 2.24) is 0 Å². The van der Waals surface area contributed by atoms with Gasteiger partial charge in [0.2, 0.25) is 5.91 Å². The van der Waals surface area contributed by atoms with E-state index in [-0.39, 0.29) is 5.91 Å². The van der Waals surface area contributed by atoms with Crippen molar-refractivity contribution in [3.8, 4) is 0 Å². The van der Waals surface area contributed by atoms with Gasteiger partial charge < -0.3 is 11.1 Å². The van der Waals surface area contributed by atoms with E-state index in [9.17, 15) is 4.79 Å². The van der Waals surface area contributed by atoms with Crippen molar-refractivity contribution in [2.75, 3.05) is 16.8 Å². The molecule has 0 fully saturated rings. The molecule has 0 bridgehead atoms. The van der Waals surface area contributed by atoms with Crippen molar-refractivity contribution < 1.29 is 4.79 Å². The molecule has 0 saturated heterocycles. The molecule has 2 aromatic carbocycles. The number of amides is 1. The summed E-state index contributed by atoms with van der Waals surface area (Å²) in [6, 6.07) is 12.7. The van der Waals surface area contributed by atoms with Crippen LogP contribution in [0.5, 0.6) is 0 Å². The van der Waals surface area contributed by atoms with Crippen LogP contribution in [-0.4, -0.2) is 11.7 Å². The van der Waals surface area contributed by atoms with Gasteiger partial charge in [0, 0.05) is 20.7 Å². The highest BCUT2D eigenvalue weighted by Crippen LogP contribution is 2.28. The van der Waals surface area contributed by atoms with Gasteiger partial charge in [-0.3, -0.25) is 4.79 Å². The van der Waals surface area contributed by atoms with Crippen molar-refractivity contribution in [3.05, 3.63) is 52.0 Å². The highest BCUT2D eigenvalue weighted by Gasteiger charge is 2.06. The van der Waals surface area contributed by atoms with Crippen molar-refractivity contribution in [2.24, 2.45) is 0 Å². The van der Waals surface area contributed by atoms with Crippen LogP contribution >= 0.6 is 39.3 Å². The van der Waals surface area contributed by atoms with E-state index in [2.05, 4.69) is 21.2 Å². The molecular weight excluding hydrogens is 360 g/mol. The Morgan fingerprint density at radius 3 is 2.60 bits per heavy atom. The van der Waals surface area contributed by atoms with E-state index in [4.69, 9.17) is 17.3 Å². The average Bonchev–Trinajstić information content (AvgIpc) is 2.40. The smallest absolute Gasteiger partial charge is 0.234 e. The number of carbonyl (C=O) groups is 1. The van der Waals surface area contributed by atoms with E-state index in [0.29, 0.717) is 16.5 Å². The predicted molar refractivity (Wildman–Crippen MR) is 89.4 cm³/mol. The Morgan fingerprint density at radius 1 is 1.25 bits per heavy atom. The summed E-state index contributed by atoms with van der Waals surface area (Å²) in [5.41, 5.74) is 7.00. The number of hydrogen-bond donors (Lipinski definition) is 2. The number of anilines is 2. The molecule has 0 aromatic heterocycles. The SMILES string of the molecule is Nc1ccc(SCC(=O)Nc2ccc(Br)cc2)c(Cl)c1. The second-order valence-corrected chi connectivity index (χ2v) is 6.37. The number of nitrogen functional groups attached to an aromatic ring is 1. The van der Waals surface area contributed by atoms with E-state index in [1.165, 1.54) is 11.8 Å². The molecule has 0 heterocycles. The van der Waals surface area contributed by atoms with E-state index in [0.717, 1.165) is 15.1 Å². The third-order valence-corrected chi connectivity index (χ3v) is 4.47. The molecule has 3 nitrogen and oxygen atoms in total. The summed E-state index contributed by atoms with van der Waals surface area (Å²) >= 11 is 10.8. The minimum atomic E-state index is -0.0785. The maximum atomic E-state index is 11.8. The fraction of sp³-hybridized carbons (Fsp3) is 0.0714. The average molecular weight is 372 g/mol. The van der Waals surface area contributed by atoms with Crippen LogP contribution in [0.4, 0.5) is 11.4 Å². The standard InChI is InChI=1S/C14H12BrClN2OS/c15-9-1-4-11(5-2-9)18-14(19)8-20-13-6-3-10(17)7-12(13)16/h1-7H,8,17H2,(H,18,19). The lowest BCUT2D eigenvalue weighted by Gasteiger charge is -2.07. The predicted octanol–water partition coefficient (Wildman–Crippen LogP) is 4.42. The van der Waals surface area contributed by atoms with Crippen LogP contribution in [0.25, 0.3) is 0 Å². The summed E-state index contributed by atoms with van der Waals surface area (Å²) in [5.74, 6) is 0.213. The Hall–Kier alpha value is -1.17. The number of benzene rings is 2. The largest absolute Gasteiger partial charge is 0.399 e. The van der Waals surface area contributed by atoms with Gasteiger partial charge in [0.15, 0.2) is 0 Å². The van der Waals surface area contributed by atoms with Crippen LogP contribution in [0, 0.1) is 0 Å². The topological polar surface area (TPSA) is 55.1 Å². The Morgan fingerprint density at radius 2 is 1.95 bits per heavy atom. The summed E-state index contributed by atoms with van der Waals surface area (Å²) in [7, 11) is 0. The van der Waals surface area contributed by atoms with Crippen molar-refractivity contribution in [1.29, 1.82) is 0 Å². The van der Waals surface area contributed by atoms with Gasteiger partial charge in [0.25, 0.3) is 0 Å². The van der Waals surface area contributed by atoms with Crippen LogP contribution in [0.15, 0.2) is 51.8 Å². The van der Waals surface area contributed by atoms with Crippen molar-refractivity contribution in [3.63, 3.8) is 0 Å². The third kappa shape index (κ3) is 4.44. The van der Waals surface area contributed by atoms with E-state index in [1.807, 2.05) is 30.3 Å². The van der Waals surface area contributed by atoms with Crippen molar-refractivity contribution >= 4 is 56.6 Å². The van der Waals surface area contributed by atoms with Gasteiger partial charge in [-0.1, -0.05) is 27.5 Å². The minimum Gasteiger partial charge on any atom is -0.399 e. The Bertz CT molecular complexity index is 619. The minimum absolute atomic E-state index is 0.0785. The zero-order valence-electron chi connectivity index (χ0n) is 10.4. The highest BCUT2D eigenvalue weighted by molar-refractivity contribution is 9.10. The van der Waals surface area contributed by atoms with Crippen LogP contribution in [-0.2, 0) is 4.79 Å². The van der Waals surface area contributed by atoms with Crippen LogP contribution in [0.1, 0.15) is 0 Å². The lowest BCUT2D eigenvalue weighted by Crippen LogP contribution is -2.13. The number of hydrogen-bond acceptors (Lipinski definition) is 3. The van der Waals surface area contributed by atoms with E-state index in [1.54, 1.807) is 12.1 Å². The molecule has 0 aliphatic carbocycles. The highest BCUT2D eigenvalue weighted by atomic mass is 79.9. The maximum absolute atomic E-state index is 11.8. The molecule has 2 aromatic rings. The van der Waals surface area contributed by atoms with Crippen LogP contribution in [0.3, 0.4) is 0 Å². The fourth-order valence-electron chi connectivity index (χ4n) is 1.51. The lowest BCUT2D eigenvalue weighted by molar-refractivity contribution is -0.113. The quantitative estimate of drug-likeness (QED) is 0.618. The molecule has 6 heteroatoms. The molecule has 0 aliphatic rings. The van der Waals surface area contributed by atoms with E-state index < -0.39 is 0 Å². The zero-order valence-corrected chi connectivity index (χ0v) is 13.6. The molecule has 0 atom stereocenters. The Kier molecular flexibility index (Phi) is 5.34. The molecule has 1 amide bonds. The van der Waals surface area contributed by atoms with E-state index >= 15 is 0 Å². The molecule has 104 valence electrons. The third-order valence-electron chi connectivity index (χ3n) is 2.44. The van der Waals surface area contributed by atoms with Gasteiger partial charge in [0.1, 0.15) is 0 Å². The first kappa shape index (κ1) is 15.2. The molecule has 2 rings (SSSR count). The van der Waals surface area contributed by atoms with Gasteiger partial charge in [-0.25, -0.2) is 0 Å². The van der Waals surface area contributed by atoms with Crippen LogP contribution < -0.4 is 11.1 Å². The summed E-state index contributed by atoms with van der Waals surface area (Å²) in [5, 5.41) is 3.38. The van der Waals surface area contributed by atoms with Gasteiger partial charge in [-0.15, -0.1) is 11.8 Å². The molecule has 0 radical (unpaired) electrons. The first-order valence-electron chi connectivity index (χ1n) is 5.78. The maximum Gasteiger partial charge on any atom is 0.234 e. The molecule has 0 aliphatic heterocycles. The lowest BCUT2D eigenvalue weighted by atomic mass is 10.3. The summed E-state index contributed by atoms with van der Waals surface area (Å²) in [4.78, 5) is 12.7. The van der Waals surface area contributed by atoms with Crippen LogP contribution in [0.2, 0.25) is 5.02 Å². The molecule has 0 spiro atoms. The molecule has 3 N–H and O–H groups in total. The zero-order chi connectivity index (χ0) is 14.5. The summed E-state index contributed by atoms with van der Waals surface area (Å²) < 4.78 is 0.971. The first-order valence-corrected chi connectivity index (χ1v) is 7.93. The molecule has 0 saturated carbocycles. The van der Waals surface area contributed by atoms with Gasteiger partial charge in [-0.2, -0.15) is 0 Å². The van der Waals surface area contributed by atoms with Gasteiger partial charge >= 0.3 is 0 Å². The molecule has 0 unspecified atom stereocenters. The number of thioether (sulfide) groups is 1. The number of nitrogens with two attached hydrogens (primary N) is 1. The second-order valence-electron chi connectivity index (χ2n) is 4.03. The second kappa shape index (κ2) is 7.02. The van der Waals surface area contributed by atoms with Gasteiger partial charge in [0.05, 0.1) is 10.8 Å². The fourth-order valence-corrected chi connectivity index (χ4v) is 2.84. The number of carbonyl (C=O) groups excluding carboxylic acids is 1. The normalized spacial score (nSPS) is 10.3. The monoisotopic (exact) mass is 370 g/mol. The summed E-state index contributed by atoms with van der Waals surface area (Å²) in [6.45, 7) is 0. The summed E-state index contributed by atoms with van der Waals surface area (Å²) in [6.07, 6.45) is 0. The number of rotatable bonds is 4. The molecule has 20 heavy (non-hydrogen) atoms.